The van der Waals surface area contributed by atoms with Crippen molar-refractivity contribution in [2.24, 2.45) is 0 Å². The standard InChI is InChI=1S/C46H87N2O19PS/c1-39(2)68(54,69)67-38-37-66-36-35-65-34-33-64-32-31-63-30-29-62-28-27-61-20-16-46(53)48-42(44(51)11-8-19-60-26-23-57-5)14-15-45(52)47-41(43(50)10-7-18-59-25-22-56-4)13-12-40(49)9-6-17-58-24-21-55-3/h39,41-42H,6-38H2,1-5H3,(H,47,52)(H,48,53)(H,54,69)/p-1. The van der Waals surface area contributed by atoms with Crippen molar-refractivity contribution in [2.45, 2.75) is 102 Å². The van der Waals surface area contributed by atoms with E-state index in [9.17, 15) is 28.9 Å². The predicted octanol–water partition coefficient (Wildman–Crippen LogP) is 2.14. The van der Waals surface area contributed by atoms with Crippen LogP contribution in [0.3, 0.4) is 0 Å². The van der Waals surface area contributed by atoms with Gasteiger partial charge in [0.25, 0.3) is 0 Å². The molecule has 23 heteroatoms. The number of ether oxygens (including phenoxy) is 12. The first-order valence-electron chi connectivity index (χ1n) is 24.1. The van der Waals surface area contributed by atoms with Crippen LogP contribution in [0.1, 0.15) is 84.5 Å². The normalized spacial score (nSPS) is 13.3. The Bertz CT molecular complexity index is 1340. The molecule has 0 bridgehead atoms. The molecular weight excluding hydrogens is 948 g/mol. The van der Waals surface area contributed by atoms with Crippen molar-refractivity contribution in [3.63, 3.8) is 0 Å². The fraction of sp³-hybridized carbons (Fsp3) is 0.891. The number of Topliss-reactive ketones (excluding diaryl/α,β-unsaturated/α-hetero) is 3. The van der Waals surface area contributed by atoms with Crippen molar-refractivity contribution >= 4 is 47.5 Å². The van der Waals surface area contributed by atoms with Crippen LogP contribution in [0, 0.1) is 0 Å². The number of amides is 2. The molecule has 0 aromatic rings. The SMILES string of the molecule is COCCOCCCC(=O)CCC(NC(=O)CCC(NC(=O)CCOCCOCCOCCOCCOCCOCCOP([O-])(=S)C(C)C)C(=O)CCCOCCOC)C(=O)CCCOCCOC. The molecule has 2 N–H and O–H groups in total. The van der Waals surface area contributed by atoms with Crippen LogP contribution in [0.4, 0.5) is 0 Å². The Morgan fingerprint density at radius 3 is 1.13 bits per heavy atom. The molecule has 0 aliphatic rings. The third-order valence-corrected chi connectivity index (χ3v) is 13.1. The summed E-state index contributed by atoms with van der Waals surface area (Å²) in [5, 5.41) is 5.54. The van der Waals surface area contributed by atoms with Gasteiger partial charge in [0.2, 0.25) is 11.8 Å². The van der Waals surface area contributed by atoms with Crippen molar-refractivity contribution < 1.29 is 90.2 Å². The Morgan fingerprint density at radius 2 is 0.739 bits per heavy atom. The number of carbonyl (C=O) groups is 5. The van der Waals surface area contributed by atoms with Crippen LogP contribution in [0.15, 0.2) is 0 Å². The van der Waals surface area contributed by atoms with Crippen molar-refractivity contribution in [3.8, 4) is 0 Å². The topological polar surface area (TPSA) is 252 Å². The van der Waals surface area contributed by atoms with E-state index in [-0.39, 0.29) is 107 Å². The minimum absolute atomic E-state index is 0.00445. The minimum atomic E-state index is -3.00. The van der Waals surface area contributed by atoms with Crippen molar-refractivity contribution in [1.29, 1.82) is 0 Å². The molecule has 406 valence electrons. The number of hydrogen-bond donors (Lipinski definition) is 2. The Balaban J connectivity index is 4.68. The zero-order valence-corrected chi connectivity index (χ0v) is 43.9. The van der Waals surface area contributed by atoms with Gasteiger partial charge in [-0.05, 0) is 44.3 Å². The molecule has 0 spiro atoms. The zero-order valence-electron chi connectivity index (χ0n) is 42.2. The first-order valence-corrected chi connectivity index (χ1v) is 26.9. The molecule has 69 heavy (non-hydrogen) atoms. The fourth-order valence-corrected chi connectivity index (χ4v) is 6.61. The number of ketones is 3. The predicted molar refractivity (Wildman–Crippen MR) is 258 cm³/mol. The smallest absolute Gasteiger partial charge is 0.222 e. The van der Waals surface area contributed by atoms with Gasteiger partial charge in [0.1, 0.15) is 5.78 Å². The van der Waals surface area contributed by atoms with Crippen molar-refractivity contribution in [3.05, 3.63) is 0 Å². The van der Waals surface area contributed by atoms with E-state index >= 15 is 0 Å². The second-order valence-corrected chi connectivity index (χ2v) is 19.7. The molecular formula is C46H86N2O19PS-. The molecule has 0 aromatic heterocycles. The maximum absolute atomic E-state index is 13.3. The molecule has 0 saturated heterocycles. The van der Waals surface area contributed by atoms with Crippen LogP contribution in [-0.2, 0) is 97.1 Å². The van der Waals surface area contributed by atoms with Crippen LogP contribution in [0.25, 0.3) is 0 Å². The maximum Gasteiger partial charge on any atom is 0.222 e. The lowest BCUT2D eigenvalue weighted by atomic mass is 9.99. The zero-order chi connectivity index (χ0) is 51.1. The summed E-state index contributed by atoms with van der Waals surface area (Å²) in [6.07, 6.45) is 1.97. The first kappa shape index (κ1) is 67.0. The highest BCUT2D eigenvalue weighted by Crippen LogP contribution is 2.42. The van der Waals surface area contributed by atoms with Crippen molar-refractivity contribution in [1.82, 2.24) is 10.6 Å². The molecule has 0 radical (unpaired) electrons. The van der Waals surface area contributed by atoms with Crippen molar-refractivity contribution in [2.75, 3.05) is 167 Å². The largest absolute Gasteiger partial charge is 0.800 e. The average Bonchev–Trinajstić information content (AvgIpc) is 3.32. The second-order valence-electron chi connectivity index (χ2n) is 15.8. The molecule has 0 saturated carbocycles. The molecule has 0 aliphatic carbocycles. The van der Waals surface area contributed by atoms with Crippen LogP contribution in [0.5, 0.6) is 0 Å². The molecule has 3 atom stereocenters. The summed E-state index contributed by atoms with van der Waals surface area (Å²) in [5.41, 5.74) is -0.204. The van der Waals surface area contributed by atoms with Crippen LogP contribution < -0.4 is 15.5 Å². The third-order valence-electron chi connectivity index (χ3n) is 9.75. The van der Waals surface area contributed by atoms with Gasteiger partial charge in [0.15, 0.2) is 11.6 Å². The summed E-state index contributed by atoms with van der Waals surface area (Å²) in [6, 6.07) is -1.86. The van der Waals surface area contributed by atoms with E-state index in [2.05, 4.69) is 10.6 Å². The summed E-state index contributed by atoms with van der Waals surface area (Å²) < 4.78 is 69.4. The third kappa shape index (κ3) is 43.4. The summed E-state index contributed by atoms with van der Waals surface area (Å²) in [6.45, 7) is 8.27. The van der Waals surface area contributed by atoms with E-state index in [1.807, 2.05) is 0 Å². The number of methoxy groups -OCH3 is 3. The van der Waals surface area contributed by atoms with Crippen LogP contribution >= 0.6 is 6.49 Å². The van der Waals surface area contributed by atoms with Gasteiger partial charge < -0.3 is 76.9 Å². The lowest BCUT2D eigenvalue weighted by molar-refractivity contribution is -0.185. The van der Waals surface area contributed by atoms with Gasteiger partial charge in [-0.15, -0.1) is 0 Å². The molecule has 0 aliphatic heterocycles. The lowest BCUT2D eigenvalue weighted by Crippen LogP contribution is -2.44. The summed E-state index contributed by atoms with van der Waals surface area (Å²) in [5.74, 6) is -1.43. The summed E-state index contributed by atoms with van der Waals surface area (Å²) in [4.78, 5) is 77.4. The molecule has 2 amide bonds. The highest BCUT2D eigenvalue weighted by molar-refractivity contribution is 8.09. The lowest BCUT2D eigenvalue weighted by Gasteiger charge is -2.31. The van der Waals surface area contributed by atoms with E-state index in [1.165, 1.54) is 0 Å². The van der Waals surface area contributed by atoms with Gasteiger partial charge >= 0.3 is 0 Å². The number of rotatable bonds is 54. The maximum atomic E-state index is 13.3. The monoisotopic (exact) mass is 1030 g/mol. The van der Waals surface area contributed by atoms with E-state index in [1.54, 1.807) is 35.2 Å². The Kier molecular flexibility index (Phi) is 46.9. The highest BCUT2D eigenvalue weighted by Gasteiger charge is 2.25. The Morgan fingerprint density at radius 1 is 0.420 bits per heavy atom. The van der Waals surface area contributed by atoms with E-state index in [0.29, 0.717) is 132 Å². The minimum Gasteiger partial charge on any atom is -0.800 e. The average molecular weight is 1030 g/mol. The van der Waals surface area contributed by atoms with E-state index in [0.717, 1.165) is 0 Å². The Labute approximate surface area is 416 Å². The number of carbonyl (C=O) groups excluding carboxylic acids is 5. The van der Waals surface area contributed by atoms with Gasteiger partial charge in [-0.1, -0.05) is 25.7 Å². The fourth-order valence-electron chi connectivity index (χ4n) is 5.75. The summed E-state index contributed by atoms with van der Waals surface area (Å²) in [7, 11) is 4.71. The quantitative estimate of drug-likeness (QED) is 0.0654. The molecule has 0 fully saturated rings. The molecule has 3 unspecified atom stereocenters. The Hall–Kier alpha value is -1.96. The first-order chi connectivity index (χ1) is 33.4. The van der Waals surface area contributed by atoms with E-state index < -0.39 is 30.4 Å². The second kappa shape index (κ2) is 48.3. The van der Waals surface area contributed by atoms with E-state index in [4.69, 9.17) is 73.2 Å². The molecule has 0 rings (SSSR count). The van der Waals surface area contributed by atoms with Crippen LogP contribution in [-0.4, -0.2) is 214 Å². The van der Waals surface area contributed by atoms with Gasteiger partial charge in [0, 0.05) is 79.7 Å². The van der Waals surface area contributed by atoms with Gasteiger partial charge in [-0.2, -0.15) is 0 Å². The summed E-state index contributed by atoms with van der Waals surface area (Å²) >= 11 is 4.95. The number of nitrogens with one attached hydrogen (secondary N) is 2. The molecule has 0 aromatic carbocycles. The molecule has 0 heterocycles. The van der Waals surface area contributed by atoms with Gasteiger partial charge in [-0.3, -0.25) is 24.0 Å². The highest BCUT2D eigenvalue weighted by atomic mass is 32.5. The van der Waals surface area contributed by atoms with Gasteiger partial charge in [-0.25, -0.2) is 0 Å². The number of hydrogen-bond acceptors (Lipinski definition) is 20. The van der Waals surface area contributed by atoms with Crippen LogP contribution in [0.2, 0.25) is 0 Å². The van der Waals surface area contributed by atoms with Gasteiger partial charge in [0.05, 0.1) is 138 Å². The molecule has 21 nitrogen and oxygen atoms in total.